The highest BCUT2D eigenvalue weighted by Crippen LogP contribution is 2.42. The van der Waals surface area contributed by atoms with Crippen molar-refractivity contribution in [1.82, 2.24) is 0 Å². The van der Waals surface area contributed by atoms with Crippen molar-refractivity contribution in [3.63, 3.8) is 0 Å². The van der Waals surface area contributed by atoms with Crippen LogP contribution in [-0.4, -0.2) is 25.9 Å². The maximum absolute atomic E-state index is 12.3. The topological polar surface area (TPSA) is 74.0 Å². The standard InChI is InChI=1S/C17H16N2O4/c1-21-12-5-2-10(3-6-12)16-15(18)17(20)19(16)11-4-7-13-14(8-11)23-9-22-13/h2-8,15-16H,9,18H2,1H3. The van der Waals surface area contributed by atoms with Crippen LogP contribution in [0.25, 0.3) is 0 Å². The molecule has 2 N–H and O–H groups in total. The van der Waals surface area contributed by atoms with Gasteiger partial charge in [-0.25, -0.2) is 0 Å². The lowest BCUT2D eigenvalue weighted by Gasteiger charge is -2.45. The number of fused-ring (bicyclic) bond motifs is 1. The zero-order valence-corrected chi connectivity index (χ0v) is 12.6. The molecule has 0 aromatic heterocycles. The Morgan fingerprint density at radius 3 is 2.61 bits per heavy atom. The lowest BCUT2D eigenvalue weighted by atomic mass is 9.88. The summed E-state index contributed by atoms with van der Waals surface area (Å²) in [6, 6.07) is 12.3. The number of carbonyl (C=O) groups excluding carboxylic acids is 1. The third kappa shape index (κ3) is 2.10. The highest BCUT2D eigenvalue weighted by atomic mass is 16.7. The molecule has 6 nitrogen and oxygen atoms in total. The van der Waals surface area contributed by atoms with Crippen LogP contribution in [0.2, 0.25) is 0 Å². The van der Waals surface area contributed by atoms with Crippen molar-refractivity contribution in [3.05, 3.63) is 48.0 Å². The Bertz CT molecular complexity index is 760. The lowest BCUT2D eigenvalue weighted by Crippen LogP contribution is -2.63. The Hall–Kier alpha value is -2.73. The summed E-state index contributed by atoms with van der Waals surface area (Å²) >= 11 is 0. The van der Waals surface area contributed by atoms with Crippen LogP contribution in [0.15, 0.2) is 42.5 Å². The number of ether oxygens (including phenoxy) is 3. The van der Waals surface area contributed by atoms with E-state index >= 15 is 0 Å². The van der Waals surface area contributed by atoms with E-state index < -0.39 is 6.04 Å². The van der Waals surface area contributed by atoms with E-state index in [9.17, 15) is 4.79 Å². The number of nitrogens with zero attached hydrogens (tertiary/aromatic N) is 1. The molecule has 1 saturated heterocycles. The van der Waals surface area contributed by atoms with Gasteiger partial charge in [-0.3, -0.25) is 4.79 Å². The number of nitrogens with two attached hydrogens (primary N) is 1. The summed E-state index contributed by atoms with van der Waals surface area (Å²) in [5, 5.41) is 0. The van der Waals surface area contributed by atoms with Crippen LogP contribution >= 0.6 is 0 Å². The number of amides is 1. The molecule has 2 aromatic carbocycles. The molecule has 0 saturated carbocycles. The number of rotatable bonds is 3. The number of methoxy groups -OCH3 is 1. The Balaban J connectivity index is 1.67. The van der Waals surface area contributed by atoms with Crippen LogP contribution in [0, 0.1) is 0 Å². The van der Waals surface area contributed by atoms with Crippen molar-refractivity contribution >= 4 is 11.6 Å². The van der Waals surface area contributed by atoms with Crippen molar-refractivity contribution in [2.75, 3.05) is 18.8 Å². The van der Waals surface area contributed by atoms with E-state index in [0.717, 1.165) is 17.0 Å². The van der Waals surface area contributed by atoms with Gasteiger partial charge in [-0.1, -0.05) is 12.1 Å². The van der Waals surface area contributed by atoms with Crippen molar-refractivity contribution in [2.24, 2.45) is 5.73 Å². The SMILES string of the molecule is COc1ccc(C2C(N)C(=O)N2c2ccc3c(c2)OCO3)cc1. The monoisotopic (exact) mass is 312 g/mol. The zero-order valence-electron chi connectivity index (χ0n) is 12.6. The minimum atomic E-state index is -0.547. The molecule has 1 amide bonds. The zero-order chi connectivity index (χ0) is 16.0. The maximum atomic E-state index is 12.3. The molecule has 2 aliphatic heterocycles. The van der Waals surface area contributed by atoms with Crippen molar-refractivity contribution in [3.8, 4) is 17.2 Å². The Labute approximate surface area is 133 Å². The molecule has 2 heterocycles. The van der Waals surface area contributed by atoms with Gasteiger partial charge in [0.05, 0.1) is 13.2 Å². The molecule has 0 bridgehead atoms. The molecule has 2 unspecified atom stereocenters. The van der Waals surface area contributed by atoms with E-state index in [-0.39, 0.29) is 18.7 Å². The Morgan fingerprint density at radius 1 is 1.13 bits per heavy atom. The molecule has 4 rings (SSSR count). The molecule has 0 radical (unpaired) electrons. The van der Waals surface area contributed by atoms with E-state index in [1.165, 1.54) is 0 Å². The fourth-order valence-corrected chi connectivity index (χ4v) is 2.99. The van der Waals surface area contributed by atoms with Gasteiger partial charge in [0.1, 0.15) is 11.8 Å². The fraction of sp³-hybridized carbons (Fsp3) is 0.235. The molecule has 2 atom stereocenters. The third-order valence-electron chi connectivity index (χ3n) is 4.23. The van der Waals surface area contributed by atoms with Crippen LogP contribution in [0.1, 0.15) is 11.6 Å². The van der Waals surface area contributed by atoms with E-state index in [1.54, 1.807) is 18.1 Å². The first-order chi connectivity index (χ1) is 11.2. The van der Waals surface area contributed by atoms with E-state index in [0.29, 0.717) is 11.5 Å². The minimum absolute atomic E-state index is 0.107. The van der Waals surface area contributed by atoms with E-state index in [4.69, 9.17) is 19.9 Å². The van der Waals surface area contributed by atoms with Crippen LogP contribution < -0.4 is 24.8 Å². The fourth-order valence-electron chi connectivity index (χ4n) is 2.99. The van der Waals surface area contributed by atoms with Crippen LogP contribution in [0.5, 0.6) is 17.2 Å². The van der Waals surface area contributed by atoms with Gasteiger partial charge in [0, 0.05) is 11.8 Å². The molecule has 1 fully saturated rings. The van der Waals surface area contributed by atoms with Gasteiger partial charge in [-0.2, -0.15) is 0 Å². The summed E-state index contributed by atoms with van der Waals surface area (Å²) in [7, 11) is 1.62. The molecule has 0 aliphatic carbocycles. The van der Waals surface area contributed by atoms with Crippen LogP contribution in [0.4, 0.5) is 5.69 Å². The molecule has 6 heteroatoms. The largest absolute Gasteiger partial charge is 0.497 e. The molecule has 2 aliphatic rings. The summed E-state index contributed by atoms with van der Waals surface area (Å²) in [5.74, 6) is 1.99. The van der Waals surface area contributed by atoms with Gasteiger partial charge < -0.3 is 24.8 Å². The number of carbonyl (C=O) groups is 1. The third-order valence-corrected chi connectivity index (χ3v) is 4.23. The van der Waals surface area contributed by atoms with Gasteiger partial charge in [0.2, 0.25) is 12.7 Å². The first kappa shape index (κ1) is 13.9. The van der Waals surface area contributed by atoms with Gasteiger partial charge in [-0.15, -0.1) is 0 Å². The lowest BCUT2D eigenvalue weighted by molar-refractivity contribution is -0.126. The van der Waals surface area contributed by atoms with Crippen molar-refractivity contribution in [2.45, 2.75) is 12.1 Å². The number of β-lactam (4-membered cyclic amide) rings is 1. The second-order valence-electron chi connectivity index (χ2n) is 5.49. The summed E-state index contributed by atoms with van der Waals surface area (Å²) in [5.41, 5.74) is 7.75. The first-order valence-corrected chi connectivity index (χ1v) is 7.31. The average Bonchev–Trinajstić information content (AvgIpc) is 3.06. The smallest absolute Gasteiger partial charge is 0.247 e. The summed E-state index contributed by atoms with van der Waals surface area (Å²) in [6.45, 7) is 0.203. The summed E-state index contributed by atoms with van der Waals surface area (Å²) in [4.78, 5) is 14.0. The summed E-state index contributed by atoms with van der Waals surface area (Å²) in [6.07, 6.45) is 0. The molecular weight excluding hydrogens is 296 g/mol. The molecule has 118 valence electrons. The van der Waals surface area contributed by atoms with Crippen molar-refractivity contribution in [1.29, 1.82) is 0 Å². The summed E-state index contributed by atoms with van der Waals surface area (Å²) < 4.78 is 15.9. The van der Waals surface area contributed by atoms with Gasteiger partial charge in [-0.05, 0) is 29.8 Å². The minimum Gasteiger partial charge on any atom is -0.497 e. The predicted molar refractivity (Wildman–Crippen MR) is 83.8 cm³/mol. The van der Waals surface area contributed by atoms with Crippen LogP contribution in [0.3, 0.4) is 0 Å². The first-order valence-electron chi connectivity index (χ1n) is 7.31. The number of hydrogen-bond acceptors (Lipinski definition) is 5. The normalized spacial score (nSPS) is 22.0. The molecular formula is C17H16N2O4. The second-order valence-corrected chi connectivity index (χ2v) is 5.49. The van der Waals surface area contributed by atoms with Gasteiger partial charge in [0.25, 0.3) is 0 Å². The average molecular weight is 312 g/mol. The van der Waals surface area contributed by atoms with E-state index in [2.05, 4.69) is 0 Å². The number of benzene rings is 2. The van der Waals surface area contributed by atoms with Crippen LogP contribution in [-0.2, 0) is 4.79 Å². The highest BCUT2D eigenvalue weighted by molar-refractivity contribution is 6.05. The van der Waals surface area contributed by atoms with Crippen molar-refractivity contribution < 1.29 is 19.0 Å². The van der Waals surface area contributed by atoms with E-state index in [1.807, 2.05) is 36.4 Å². The molecule has 0 spiro atoms. The predicted octanol–water partition coefficient (Wildman–Crippen LogP) is 1.84. The Kier molecular flexibility index (Phi) is 3.12. The molecule has 23 heavy (non-hydrogen) atoms. The number of hydrogen-bond donors (Lipinski definition) is 1. The highest BCUT2D eigenvalue weighted by Gasteiger charge is 2.46. The maximum Gasteiger partial charge on any atom is 0.247 e. The Morgan fingerprint density at radius 2 is 1.87 bits per heavy atom. The quantitative estimate of drug-likeness (QED) is 0.875. The van der Waals surface area contributed by atoms with Gasteiger partial charge in [0.15, 0.2) is 11.5 Å². The molecule has 2 aromatic rings. The van der Waals surface area contributed by atoms with Gasteiger partial charge >= 0.3 is 0 Å². The second kappa shape index (κ2) is 5.17. The number of anilines is 1.